The summed E-state index contributed by atoms with van der Waals surface area (Å²) in [7, 11) is 0. The molecule has 3 aromatic rings. The molecule has 3 N–H and O–H groups in total. The van der Waals surface area contributed by atoms with E-state index in [2.05, 4.69) is 15.8 Å². The lowest BCUT2D eigenvalue weighted by Gasteiger charge is -2.15. The smallest absolute Gasteiger partial charge is 0.405 e. The van der Waals surface area contributed by atoms with Crippen LogP contribution in [0.25, 0.3) is 5.52 Å². The van der Waals surface area contributed by atoms with Crippen LogP contribution in [0.4, 0.5) is 20.7 Å². The highest BCUT2D eigenvalue weighted by atomic mass is 19.1. The summed E-state index contributed by atoms with van der Waals surface area (Å²) < 4.78 is 21.5. The van der Waals surface area contributed by atoms with E-state index in [1.165, 1.54) is 12.4 Å². The monoisotopic (exact) mass is 386 g/mol. The number of anilines is 2. The number of nitrogens with one attached hydrogen (secondary N) is 2. The van der Waals surface area contributed by atoms with Gasteiger partial charge in [-0.25, -0.2) is 14.2 Å². The number of aliphatic hydroxyl groups is 1. The van der Waals surface area contributed by atoms with Crippen molar-refractivity contribution in [2.45, 2.75) is 18.8 Å². The van der Waals surface area contributed by atoms with Crippen LogP contribution in [0, 0.1) is 5.82 Å². The van der Waals surface area contributed by atoms with Gasteiger partial charge in [0.1, 0.15) is 12.1 Å². The number of nitrogens with zero attached hydrogens (tertiary/aromatic N) is 2. The number of aliphatic hydroxyl groups excluding tert-OH is 1. The largest absolute Gasteiger partial charge is 0.436 e. The number of halogens is 1. The molecule has 0 spiro atoms. The van der Waals surface area contributed by atoms with E-state index in [1.807, 2.05) is 6.07 Å². The minimum Gasteiger partial charge on any atom is -0.405 e. The molecule has 1 aliphatic carbocycles. The molecule has 4 rings (SSSR count). The second-order valence-electron chi connectivity index (χ2n) is 6.44. The first kappa shape index (κ1) is 18.2. The summed E-state index contributed by atoms with van der Waals surface area (Å²) in [4.78, 5) is 20.7. The topological polar surface area (TPSA) is 97.1 Å². The predicted octanol–water partition coefficient (Wildman–Crippen LogP) is 3.11. The molecule has 0 unspecified atom stereocenters. The van der Waals surface area contributed by atoms with E-state index in [-0.39, 0.29) is 30.5 Å². The molecule has 146 valence electrons. The number of benzene rings is 1. The van der Waals surface area contributed by atoms with Crippen molar-refractivity contribution in [1.29, 1.82) is 0 Å². The number of imidazole rings is 1. The van der Waals surface area contributed by atoms with E-state index in [0.29, 0.717) is 11.7 Å². The van der Waals surface area contributed by atoms with Crippen LogP contribution in [0.15, 0.2) is 42.9 Å². The molecule has 0 aliphatic heterocycles. The number of aromatic nitrogens is 2. The number of amides is 1. The van der Waals surface area contributed by atoms with Gasteiger partial charge < -0.3 is 15.2 Å². The second kappa shape index (κ2) is 7.83. The van der Waals surface area contributed by atoms with Crippen molar-refractivity contribution in [3.05, 3.63) is 54.2 Å². The summed E-state index contributed by atoms with van der Waals surface area (Å²) in [6.45, 7) is -0.316. The zero-order valence-corrected chi connectivity index (χ0v) is 14.9. The molecule has 0 bridgehead atoms. The van der Waals surface area contributed by atoms with Crippen LogP contribution in [0.3, 0.4) is 0 Å². The van der Waals surface area contributed by atoms with Crippen LogP contribution in [0.2, 0.25) is 0 Å². The minimum absolute atomic E-state index is 0.0701. The van der Waals surface area contributed by atoms with Crippen molar-refractivity contribution in [3.63, 3.8) is 0 Å². The number of ether oxygens (including phenoxy) is 1. The van der Waals surface area contributed by atoms with Crippen molar-refractivity contribution in [2.75, 3.05) is 18.5 Å². The van der Waals surface area contributed by atoms with E-state index >= 15 is 0 Å². The Balaban J connectivity index is 1.61. The third-order valence-electron chi connectivity index (χ3n) is 4.39. The van der Waals surface area contributed by atoms with Gasteiger partial charge in [-0.1, -0.05) is 6.07 Å². The zero-order valence-electron chi connectivity index (χ0n) is 14.9. The average Bonchev–Trinajstić information content (AvgIpc) is 3.42. The molecule has 0 saturated heterocycles. The summed E-state index contributed by atoms with van der Waals surface area (Å²) in [5, 5.41) is 11.7. The summed E-state index contributed by atoms with van der Waals surface area (Å²) in [5.41, 5.74) is 4.04. The van der Waals surface area contributed by atoms with Gasteiger partial charge in [-0.2, -0.15) is 5.48 Å². The molecule has 1 amide bonds. The maximum absolute atomic E-state index is 14.6. The van der Waals surface area contributed by atoms with Crippen LogP contribution in [0.5, 0.6) is 5.75 Å². The van der Waals surface area contributed by atoms with Gasteiger partial charge in [-0.3, -0.25) is 9.24 Å². The normalized spacial score (nSPS) is 13.5. The molecule has 0 radical (unpaired) electrons. The van der Waals surface area contributed by atoms with Gasteiger partial charge in [0.05, 0.1) is 30.6 Å². The maximum atomic E-state index is 14.6. The van der Waals surface area contributed by atoms with E-state index < -0.39 is 6.09 Å². The Morgan fingerprint density at radius 1 is 1.32 bits per heavy atom. The highest BCUT2D eigenvalue weighted by Crippen LogP contribution is 2.41. The first-order chi connectivity index (χ1) is 13.7. The predicted molar refractivity (Wildman–Crippen MR) is 99.0 cm³/mol. The molecule has 1 fully saturated rings. The summed E-state index contributed by atoms with van der Waals surface area (Å²) >= 11 is 0. The van der Waals surface area contributed by atoms with Crippen LogP contribution in [-0.2, 0) is 4.84 Å². The van der Waals surface area contributed by atoms with Crippen molar-refractivity contribution in [3.8, 4) is 5.75 Å². The number of rotatable bonds is 7. The quantitative estimate of drug-likeness (QED) is 0.426. The average molecular weight is 386 g/mol. The number of hydrogen-bond donors (Lipinski definition) is 3. The molecule has 2 heterocycles. The number of carbonyl (C=O) groups is 1. The molecular weight excluding hydrogens is 367 g/mol. The fourth-order valence-electron chi connectivity index (χ4n) is 2.89. The van der Waals surface area contributed by atoms with Crippen LogP contribution in [-0.4, -0.2) is 33.8 Å². The number of fused-ring (bicyclic) bond motifs is 1. The van der Waals surface area contributed by atoms with Crippen LogP contribution < -0.4 is 15.5 Å². The molecular formula is C19H19FN4O4. The Bertz CT molecular complexity index is 1000. The van der Waals surface area contributed by atoms with Crippen molar-refractivity contribution < 1.29 is 23.9 Å². The van der Waals surface area contributed by atoms with Crippen LogP contribution >= 0.6 is 0 Å². The Morgan fingerprint density at radius 3 is 2.93 bits per heavy atom. The number of hydrogen-bond acceptors (Lipinski definition) is 6. The van der Waals surface area contributed by atoms with Gasteiger partial charge >= 0.3 is 6.09 Å². The Labute approximate surface area is 159 Å². The fourth-order valence-corrected chi connectivity index (χ4v) is 2.89. The summed E-state index contributed by atoms with van der Waals surface area (Å²) in [5.74, 6) is 0.553. The lowest BCUT2D eigenvalue weighted by atomic mass is 10.1. The van der Waals surface area contributed by atoms with Gasteiger partial charge in [-0.05, 0) is 48.6 Å². The summed E-state index contributed by atoms with van der Waals surface area (Å²) in [6, 6.07) is 8.38. The Kier molecular flexibility index (Phi) is 5.09. The molecule has 0 atom stereocenters. The second-order valence-corrected chi connectivity index (χ2v) is 6.44. The van der Waals surface area contributed by atoms with Crippen molar-refractivity contribution in [1.82, 2.24) is 14.9 Å². The van der Waals surface area contributed by atoms with E-state index in [9.17, 15) is 9.18 Å². The van der Waals surface area contributed by atoms with Crippen molar-refractivity contribution in [2.24, 2.45) is 0 Å². The minimum atomic E-state index is -0.875. The van der Waals surface area contributed by atoms with E-state index in [4.69, 9.17) is 14.7 Å². The molecule has 1 aromatic carbocycles. The number of pyridine rings is 1. The van der Waals surface area contributed by atoms with Crippen molar-refractivity contribution >= 4 is 23.1 Å². The highest BCUT2D eigenvalue weighted by Gasteiger charge is 2.24. The van der Waals surface area contributed by atoms with Crippen LogP contribution in [0.1, 0.15) is 24.3 Å². The maximum Gasteiger partial charge on any atom is 0.436 e. The zero-order chi connectivity index (χ0) is 19.5. The Morgan fingerprint density at radius 2 is 2.18 bits per heavy atom. The highest BCUT2D eigenvalue weighted by molar-refractivity contribution is 5.75. The van der Waals surface area contributed by atoms with E-state index in [0.717, 1.165) is 23.9 Å². The number of carbonyl (C=O) groups excluding carboxylic acids is 1. The molecule has 2 aromatic heterocycles. The molecule has 28 heavy (non-hydrogen) atoms. The molecule has 8 nitrogen and oxygen atoms in total. The first-order valence-corrected chi connectivity index (χ1v) is 8.87. The standard InChI is InChI=1S/C19H19FN4O4/c20-15-9-13(12-1-2-12)3-5-16(15)22-18-17(28-19(26)23-27-8-7-25)6-4-14-10-21-11-24(14)18/h3-6,9-12,22,25H,1-2,7-8H2,(H,23,26). The van der Waals surface area contributed by atoms with E-state index in [1.54, 1.807) is 28.8 Å². The SMILES string of the molecule is O=C(NOCCO)Oc1ccc2cncn2c1Nc1ccc(C2CC2)cc1F. The van der Waals surface area contributed by atoms with Gasteiger partial charge in [0.2, 0.25) is 0 Å². The lowest BCUT2D eigenvalue weighted by molar-refractivity contribution is 0.0246. The summed E-state index contributed by atoms with van der Waals surface area (Å²) in [6.07, 6.45) is 4.46. The van der Waals surface area contributed by atoms with Gasteiger partial charge in [-0.15, -0.1) is 0 Å². The molecule has 9 heteroatoms. The number of hydroxylamine groups is 1. The third-order valence-corrected chi connectivity index (χ3v) is 4.39. The molecule has 1 saturated carbocycles. The fraction of sp³-hybridized carbons (Fsp3) is 0.263. The first-order valence-electron chi connectivity index (χ1n) is 8.87. The third kappa shape index (κ3) is 3.90. The van der Waals surface area contributed by atoms with Gasteiger partial charge in [0.15, 0.2) is 11.6 Å². The molecule has 1 aliphatic rings. The van der Waals surface area contributed by atoms with Gasteiger partial charge in [0, 0.05) is 0 Å². The Hall–Kier alpha value is -3.17. The van der Waals surface area contributed by atoms with Gasteiger partial charge in [0.25, 0.3) is 0 Å². The lowest BCUT2D eigenvalue weighted by Crippen LogP contribution is -2.28.